The van der Waals surface area contributed by atoms with Crippen molar-refractivity contribution in [3.8, 4) is 6.07 Å². The van der Waals surface area contributed by atoms with Crippen LogP contribution in [0.25, 0.3) is 10.9 Å². The van der Waals surface area contributed by atoms with Crippen LogP contribution in [-0.4, -0.2) is 49.6 Å². The van der Waals surface area contributed by atoms with Crippen LogP contribution in [0.5, 0.6) is 0 Å². The summed E-state index contributed by atoms with van der Waals surface area (Å²) in [6.07, 6.45) is 8.62. The van der Waals surface area contributed by atoms with Gasteiger partial charge in [-0.05, 0) is 51.7 Å². The number of nitrogens with one attached hydrogen (secondary N) is 2. The lowest BCUT2D eigenvalue weighted by Gasteiger charge is -2.39. The minimum atomic E-state index is -0.926. The van der Waals surface area contributed by atoms with Gasteiger partial charge in [0.1, 0.15) is 11.6 Å². The van der Waals surface area contributed by atoms with E-state index in [-0.39, 0.29) is 0 Å². The third kappa shape index (κ3) is 4.64. The lowest BCUT2D eigenvalue weighted by atomic mass is 9.97. The number of rotatable bonds is 7. The molecule has 2 bridgehead atoms. The van der Waals surface area contributed by atoms with Gasteiger partial charge in [-0.3, -0.25) is 9.88 Å². The summed E-state index contributed by atoms with van der Waals surface area (Å²) in [5.41, 5.74) is -0.0596. The van der Waals surface area contributed by atoms with Gasteiger partial charge in [-0.1, -0.05) is 11.3 Å². The quantitative estimate of drug-likeness (QED) is 0.474. The molecule has 0 aromatic carbocycles. The molecule has 3 N–H and O–H groups in total. The Morgan fingerprint density at radius 1 is 1.27 bits per heavy atom. The van der Waals surface area contributed by atoms with E-state index in [2.05, 4.69) is 31.6 Å². The lowest BCUT2D eigenvalue weighted by molar-refractivity contribution is 0.0823. The zero-order chi connectivity index (χ0) is 23.0. The number of aliphatic hydroxyl groups is 1. The first-order valence-corrected chi connectivity index (χ1v) is 12.3. The van der Waals surface area contributed by atoms with Crippen molar-refractivity contribution in [2.75, 3.05) is 17.2 Å². The number of hydrogen-bond donors (Lipinski definition) is 3. The third-order valence-electron chi connectivity index (χ3n) is 6.65. The van der Waals surface area contributed by atoms with E-state index in [4.69, 9.17) is 10.2 Å². The van der Waals surface area contributed by atoms with Crippen molar-refractivity contribution >= 4 is 39.0 Å². The zero-order valence-electron chi connectivity index (χ0n) is 19.0. The Balaban J connectivity index is 1.37. The summed E-state index contributed by atoms with van der Waals surface area (Å²) in [6.45, 7) is 4.38. The summed E-state index contributed by atoms with van der Waals surface area (Å²) < 4.78 is 0. The lowest BCUT2D eigenvalue weighted by Crippen LogP contribution is -2.47. The first-order chi connectivity index (χ1) is 15.9. The first-order valence-electron chi connectivity index (χ1n) is 11.5. The van der Waals surface area contributed by atoms with E-state index in [1.807, 2.05) is 18.2 Å². The number of anilines is 3. The van der Waals surface area contributed by atoms with Crippen LogP contribution < -0.4 is 10.6 Å². The fraction of sp³-hybridized carbons (Fsp3) is 0.500. The molecule has 0 spiro atoms. The maximum absolute atomic E-state index is 10.2. The fourth-order valence-corrected chi connectivity index (χ4v) is 5.93. The Bertz CT molecular complexity index is 1170. The second-order valence-electron chi connectivity index (χ2n) is 9.48. The van der Waals surface area contributed by atoms with E-state index in [1.165, 1.54) is 24.2 Å². The highest BCUT2D eigenvalue weighted by atomic mass is 32.1. The molecule has 3 atom stereocenters. The average Bonchev–Trinajstić information content (AvgIpc) is 3.34. The van der Waals surface area contributed by atoms with Crippen molar-refractivity contribution < 1.29 is 5.11 Å². The van der Waals surface area contributed by atoms with Gasteiger partial charge in [0.05, 0.1) is 22.1 Å². The largest absolute Gasteiger partial charge is 0.385 e. The molecule has 2 fully saturated rings. The van der Waals surface area contributed by atoms with E-state index < -0.39 is 5.60 Å². The van der Waals surface area contributed by atoms with Crippen molar-refractivity contribution in [3.05, 3.63) is 35.5 Å². The van der Waals surface area contributed by atoms with Crippen LogP contribution in [0, 0.1) is 11.3 Å². The number of pyridine rings is 2. The maximum Gasteiger partial charge on any atom is 0.188 e. The molecule has 2 aliphatic heterocycles. The Hall–Kier alpha value is -2.80. The molecule has 8 nitrogen and oxygen atoms in total. The van der Waals surface area contributed by atoms with Crippen LogP contribution in [0.2, 0.25) is 0 Å². The van der Waals surface area contributed by atoms with Gasteiger partial charge < -0.3 is 15.7 Å². The number of nitriles is 1. The van der Waals surface area contributed by atoms with E-state index in [1.54, 1.807) is 26.2 Å². The number of thiazole rings is 1. The Morgan fingerprint density at radius 2 is 2.06 bits per heavy atom. The monoisotopic (exact) mass is 463 g/mol. The van der Waals surface area contributed by atoms with E-state index in [0.29, 0.717) is 35.5 Å². The molecule has 9 heteroatoms. The number of fused-ring (bicyclic) bond motifs is 3. The summed E-state index contributed by atoms with van der Waals surface area (Å²) in [7, 11) is 0. The van der Waals surface area contributed by atoms with Gasteiger partial charge in [0.2, 0.25) is 0 Å². The van der Waals surface area contributed by atoms with Crippen molar-refractivity contribution in [1.29, 1.82) is 5.26 Å². The molecule has 2 saturated heterocycles. The van der Waals surface area contributed by atoms with Gasteiger partial charge in [-0.25, -0.2) is 9.97 Å². The molecular formula is C24H29N7OS. The van der Waals surface area contributed by atoms with E-state index in [9.17, 15) is 5.11 Å². The highest BCUT2D eigenvalue weighted by molar-refractivity contribution is 7.15. The zero-order valence-corrected chi connectivity index (χ0v) is 19.8. The smallest absolute Gasteiger partial charge is 0.188 e. The van der Waals surface area contributed by atoms with E-state index in [0.717, 1.165) is 41.0 Å². The van der Waals surface area contributed by atoms with Gasteiger partial charge >= 0.3 is 0 Å². The van der Waals surface area contributed by atoms with Crippen LogP contribution >= 0.6 is 11.3 Å². The second kappa shape index (κ2) is 8.86. The van der Waals surface area contributed by atoms with Crippen LogP contribution in [-0.2, 0) is 5.60 Å². The van der Waals surface area contributed by atoms with Gasteiger partial charge in [0, 0.05) is 54.9 Å². The SMILES string of the molecule is CC(C)(O)c1cnc(Nc2cc3ncccc3c(NC3C[C@H]4CC[C@@H](C3)N4CCC#N)n2)s1. The number of aromatic nitrogens is 3. The molecule has 0 saturated carbocycles. The Labute approximate surface area is 197 Å². The predicted molar refractivity (Wildman–Crippen MR) is 131 cm³/mol. The van der Waals surface area contributed by atoms with Gasteiger partial charge in [0.15, 0.2) is 5.13 Å². The van der Waals surface area contributed by atoms with Crippen LogP contribution in [0.1, 0.15) is 50.8 Å². The summed E-state index contributed by atoms with van der Waals surface area (Å²) >= 11 is 1.42. The van der Waals surface area contributed by atoms with Crippen LogP contribution in [0.15, 0.2) is 30.6 Å². The average molecular weight is 464 g/mol. The number of piperidine rings is 1. The van der Waals surface area contributed by atoms with Crippen molar-refractivity contribution in [2.45, 2.75) is 69.7 Å². The van der Waals surface area contributed by atoms with Gasteiger partial charge in [-0.2, -0.15) is 5.26 Å². The Kier molecular flexibility index (Phi) is 5.91. The molecule has 5 rings (SSSR count). The summed E-state index contributed by atoms with van der Waals surface area (Å²) in [4.78, 5) is 17.2. The van der Waals surface area contributed by atoms with Crippen molar-refractivity contribution in [1.82, 2.24) is 19.9 Å². The molecular weight excluding hydrogens is 434 g/mol. The van der Waals surface area contributed by atoms with Crippen molar-refractivity contribution in [2.24, 2.45) is 0 Å². The number of hydrogen-bond acceptors (Lipinski definition) is 9. The summed E-state index contributed by atoms with van der Waals surface area (Å²) in [5.74, 6) is 1.51. The summed E-state index contributed by atoms with van der Waals surface area (Å²) in [6, 6.07) is 9.63. The molecule has 5 heterocycles. The van der Waals surface area contributed by atoms with E-state index >= 15 is 0 Å². The molecule has 2 aliphatic rings. The van der Waals surface area contributed by atoms with Gasteiger partial charge in [0.25, 0.3) is 0 Å². The third-order valence-corrected chi connectivity index (χ3v) is 7.88. The van der Waals surface area contributed by atoms with Gasteiger partial charge in [-0.15, -0.1) is 0 Å². The van der Waals surface area contributed by atoms with Crippen LogP contribution in [0.4, 0.5) is 16.8 Å². The molecule has 33 heavy (non-hydrogen) atoms. The fourth-order valence-electron chi connectivity index (χ4n) is 5.10. The molecule has 3 aromatic rings. The highest BCUT2D eigenvalue weighted by Crippen LogP contribution is 2.38. The van der Waals surface area contributed by atoms with Crippen molar-refractivity contribution in [3.63, 3.8) is 0 Å². The molecule has 3 aromatic heterocycles. The maximum atomic E-state index is 10.2. The summed E-state index contributed by atoms with van der Waals surface area (Å²) in [5, 5.41) is 27.9. The standard InChI is InChI=1S/C24H29N7OS/c1-24(2,32)20-14-27-23(33-20)30-21-13-19-18(5-3-9-26-19)22(29-21)28-15-11-16-6-7-17(12-15)31(16)10-4-8-25/h3,5,9,13-17,32H,4,6-7,10-12H2,1-2H3,(H2,27,28,29,30)/t15?,16-,17+. The number of nitrogens with zero attached hydrogens (tertiary/aromatic N) is 5. The Morgan fingerprint density at radius 3 is 2.76 bits per heavy atom. The first kappa shape index (κ1) is 22.0. The molecule has 1 unspecified atom stereocenters. The molecule has 0 amide bonds. The minimum absolute atomic E-state index is 0.341. The molecule has 0 radical (unpaired) electrons. The predicted octanol–water partition coefficient (Wildman–Crippen LogP) is 4.38. The highest BCUT2D eigenvalue weighted by Gasteiger charge is 2.40. The second-order valence-corrected chi connectivity index (χ2v) is 10.5. The minimum Gasteiger partial charge on any atom is -0.385 e. The molecule has 172 valence electrons. The molecule has 0 aliphatic carbocycles. The normalized spacial score (nSPS) is 22.9. The topological polar surface area (TPSA) is 110 Å². The van der Waals surface area contributed by atoms with Crippen LogP contribution in [0.3, 0.4) is 0 Å².